The molecule has 0 atom stereocenters. The Morgan fingerprint density at radius 3 is 1.75 bits per heavy atom. The van der Waals surface area contributed by atoms with E-state index in [9.17, 15) is 0 Å². The van der Waals surface area contributed by atoms with E-state index in [4.69, 9.17) is 30.6 Å². The molecular weight excluding hydrogens is 249 g/mol. The molecule has 0 aromatic rings. The maximum Gasteiger partial charge on any atom is 0.329 e. The van der Waals surface area contributed by atoms with Gasteiger partial charge in [-0.1, -0.05) is 0 Å². The van der Waals surface area contributed by atoms with Crippen molar-refractivity contribution in [3.8, 4) is 0 Å². The summed E-state index contributed by atoms with van der Waals surface area (Å²) in [7, 11) is 0. The van der Waals surface area contributed by atoms with Gasteiger partial charge in [-0.15, -0.1) is 0 Å². The quantitative estimate of drug-likeness (QED) is 0.422. The molecule has 0 amide bonds. The molecule has 98 valence electrons. The first-order valence-electron chi connectivity index (χ1n) is 5.19. The largest absolute Gasteiger partial charge is 0.329 e. The molecule has 0 aliphatic carbocycles. The number of hydroxylamine groups is 1. The lowest BCUT2D eigenvalue weighted by Gasteiger charge is -2.32. The zero-order valence-electron chi connectivity index (χ0n) is 10.7. The molecule has 0 aliphatic rings. The first-order chi connectivity index (χ1) is 7.10. The maximum atomic E-state index is 8.91. The minimum absolute atomic E-state index is 0.0981. The van der Waals surface area contributed by atoms with E-state index in [1.165, 1.54) is 0 Å². The highest BCUT2D eigenvalue weighted by Gasteiger charge is 2.32. The van der Waals surface area contributed by atoms with Crippen molar-refractivity contribution >= 4 is 18.5 Å². The topological polar surface area (TPSA) is 60.0 Å². The third-order valence-corrected chi connectivity index (χ3v) is 4.07. The van der Waals surface area contributed by atoms with Gasteiger partial charge in [-0.3, -0.25) is 4.52 Å². The fourth-order valence-electron chi connectivity index (χ4n) is 0.884. The summed E-state index contributed by atoms with van der Waals surface area (Å²) in [6.45, 7) is 7.84. The van der Waals surface area contributed by atoms with Gasteiger partial charge in [0, 0.05) is 0 Å². The summed E-state index contributed by atoms with van der Waals surface area (Å²) in [4.78, 5) is 0. The van der Waals surface area contributed by atoms with Crippen LogP contribution in [0, 0.1) is 0 Å². The van der Waals surface area contributed by atoms with E-state index in [2.05, 4.69) is 0 Å². The molecular formula is C9H22NO4PS. The fourth-order valence-corrected chi connectivity index (χ4v) is 4.24. The second-order valence-electron chi connectivity index (χ2n) is 4.47. The molecule has 0 rings (SSSR count). The van der Waals surface area contributed by atoms with Crippen molar-refractivity contribution in [2.24, 2.45) is 0 Å². The number of rotatable bonds is 7. The minimum atomic E-state index is -2.86. The van der Waals surface area contributed by atoms with Crippen LogP contribution in [-0.2, 0) is 25.4 Å². The summed E-state index contributed by atoms with van der Waals surface area (Å²) in [5, 5.41) is 8.91. The molecule has 0 saturated heterocycles. The average molecular weight is 271 g/mol. The van der Waals surface area contributed by atoms with Gasteiger partial charge in [-0.2, -0.15) is 5.48 Å². The first kappa shape index (κ1) is 16.4. The van der Waals surface area contributed by atoms with Gasteiger partial charge in [-0.25, -0.2) is 0 Å². The normalized spacial score (nSPS) is 13.8. The van der Waals surface area contributed by atoms with Crippen molar-refractivity contribution in [1.29, 1.82) is 0 Å². The Morgan fingerprint density at radius 2 is 1.50 bits per heavy atom. The van der Waals surface area contributed by atoms with E-state index in [0.29, 0.717) is 0 Å². The van der Waals surface area contributed by atoms with Crippen molar-refractivity contribution in [3.05, 3.63) is 0 Å². The Kier molecular flexibility index (Phi) is 6.58. The van der Waals surface area contributed by atoms with Gasteiger partial charge in [0.2, 0.25) is 0 Å². The molecule has 5 nitrogen and oxygen atoms in total. The Hall–Kier alpha value is 0.450. The van der Waals surface area contributed by atoms with E-state index in [0.717, 1.165) is 0 Å². The van der Waals surface area contributed by atoms with Gasteiger partial charge < -0.3 is 14.3 Å². The highest BCUT2D eigenvalue weighted by atomic mass is 32.5. The van der Waals surface area contributed by atoms with E-state index >= 15 is 0 Å². The summed E-state index contributed by atoms with van der Waals surface area (Å²) in [6.07, 6.45) is -0.196. The lowest BCUT2D eigenvalue weighted by molar-refractivity contribution is -0.0646. The lowest BCUT2D eigenvalue weighted by Crippen LogP contribution is -2.39. The average Bonchev–Trinajstić information content (AvgIpc) is 1.98. The summed E-state index contributed by atoms with van der Waals surface area (Å²) < 4.78 is 16.5. The molecule has 16 heavy (non-hydrogen) atoms. The Labute approximate surface area is 103 Å². The molecule has 7 heteroatoms. The molecule has 0 heterocycles. The predicted octanol–water partition coefficient (Wildman–Crippen LogP) is 2.79. The van der Waals surface area contributed by atoms with Crippen LogP contribution in [0.3, 0.4) is 0 Å². The molecule has 0 aromatic heterocycles. The van der Waals surface area contributed by atoms with Crippen LogP contribution in [-0.4, -0.2) is 23.1 Å². The summed E-state index contributed by atoms with van der Waals surface area (Å²) >= 11 is 5.26. The SMILES string of the molecule is CC(C)OP(=S)(OC(C)C)OC(C)(C)NO. The predicted molar refractivity (Wildman–Crippen MR) is 66.8 cm³/mol. The van der Waals surface area contributed by atoms with Crippen molar-refractivity contribution < 1.29 is 18.8 Å². The minimum Gasteiger partial charge on any atom is -0.314 e. The van der Waals surface area contributed by atoms with Crippen LogP contribution in [0.4, 0.5) is 0 Å². The van der Waals surface area contributed by atoms with Crippen LogP contribution < -0.4 is 5.48 Å². The van der Waals surface area contributed by atoms with Crippen LogP contribution in [0.15, 0.2) is 0 Å². The maximum absolute atomic E-state index is 8.91. The van der Waals surface area contributed by atoms with Crippen LogP contribution >= 0.6 is 6.72 Å². The van der Waals surface area contributed by atoms with Crippen LogP contribution in [0.1, 0.15) is 41.5 Å². The molecule has 0 saturated carbocycles. The molecule has 0 unspecified atom stereocenters. The Bertz CT molecular complexity index is 244. The number of hydrogen-bond donors (Lipinski definition) is 2. The van der Waals surface area contributed by atoms with E-state index < -0.39 is 12.4 Å². The van der Waals surface area contributed by atoms with Crippen LogP contribution in [0.25, 0.3) is 0 Å². The molecule has 2 N–H and O–H groups in total. The standard InChI is InChI=1S/C9H22NO4PS/c1-7(2)12-15(16,13-8(3)4)14-9(5,6)10-11/h7-8,10-11H,1-6H3. The third kappa shape index (κ3) is 6.91. The summed E-state index contributed by atoms with van der Waals surface area (Å²) in [5.74, 6) is 0. The number of hydrogen-bond acceptors (Lipinski definition) is 6. The van der Waals surface area contributed by atoms with Gasteiger partial charge in [0.25, 0.3) is 0 Å². The zero-order valence-corrected chi connectivity index (χ0v) is 12.4. The van der Waals surface area contributed by atoms with E-state index in [1.54, 1.807) is 13.8 Å². The van der Waals surface area contributed by atoms with E-state index in [1.807, 2.05) is 33.2 Å². The summed E-state index contributed by atoms with van der Waals surface area (Å²) in [6, 6.07) is 0. The molecule has 0 aliphatic heterocycles. The molecule has 0 spiro atoms. The third-order valence-electron chi connectivity index (χ3n) is 1.29. The van der Waals surface area contributed by atoms with Crippen LogP contribution in [0.5, 0.6) is 0 Å². The van der Waals surface area contributed by atoms with Crippen LogP contribution in [0.2, 0.25) is 0 Å². The van der Waals surface area contributed by atoms with Crippen molar-refractivity contribution in [3.63, 3.8) is 0 Å². The molecule has 0 radical (unpaired) electrons. The molecule has 0 fully saturated rings. The lowest BCUT2D eigenvalue weighted by atomic mass is 10.3. The van der Waals surface area contributed by atoms with E-state index in [-0.39, 0.29) is 12.2 Å². The van der Waals surface area contributed by atoms with Gasteiger partial charge in [-0.05, 0) is 53.3 Å². The monoisotopic (exact) mass is 271 g/mol. The van der Waals surface area contributed by atoms with Gasteiger partial charge in [0.1, 0.15) is 5.72 Å². The second-order valence-corrected chi connectivity index (χ2v) is 7.31. The van der Waals surface area contributed by atoms with Crippen molar-refractivity contribution in [2.75, 3.05) is 0 Å². The van der Waals surface area contributed by atoms with Gasteiger partial charge >= 0.3 is 6.72 Å². The van der Waals surface area contributed by atoms with Crippen molar-refractivity contribution in [1.82, 2.24) is 5.48 Å². The van der Waals surface area contributed by atoms with Gasteiger partial charge in [0.05, 0.1) is 12.2 Å². The highest BCUT2D eigenvalue weighted by molar-refractivity contribution is 8.07. The Balaban J connectivity index is 4.73. The first-order valence-corrected chi connectivity index (χ1v) is 7.74. The highest BCUT2D eigenvalue weighted by Crippen LogP contribution is 2.54. The number of nitrogens with one attached hydrogen (secondary N) is 1. The second kappa shape index (κ2) is 6.40. The zero-order chi connectivity index (χ0) is 13.0. The summed E-state index contributed by atoms with van der Waals surface area (Å²) in [5.41, 5.74) is 1.02. The van der Waals surface area contributed by atoms with Gasteiger partial charge in [0.15, 0.2) is 0 Å². The smallest absolute Gasteiger partial charge is 0.314 e. The fraction of sp³-hybridized carbons (Fsp3) is 1.00. The molecule has 0 aromatic carbocycles. The van der Waals surface area contributed by atoms with Crippen molar-refractivity contribution in [2.45, 2.75) is 59.5 Å². The molecule has 0 bridgehead atoms. The Morgan fingerprint density at radius 1 is 1.12 bits per heavy atom.